The van der Waals surface area contributed by atoms with E-state index < -0.39 is 0 Å². The van der Waals surface area contributed by atoms with Crippen LogP contribution < -0.4 is 5.73 Å². The third-order valence-corrected chi connectivity index (χ3v) is 3.52. The van der Waals surface area contributed by atoms with Crippen molar-refractivity contribution in [2.45, 2.75) is 38.5 Å². The molecule has 0 radical (unpaired) electrons. The predicted molar refractivity (Wildman–Crippen MR) is 42.7 cm³/mol. The molecular weight excluding hydrogens is 122 g/mol. The van der Waals surface area contributed by atoms with Gasteiger partial charge in [0.1, 0.15) is 0 Å². The maximum absolute atomic E-state index is 5.72. The molecular formula is C9H17N. The normalized spacial score (nSPS) is 36.3. The summed E-state index contributed by atoms with van der Waals surface area (Å²) in [6.07, 6.45) is 8.76. The predicted octanol–water partition coefficient (Wildman–Crippen LogP) is 1.92. The quantitative estimate of drug-likeness (QED) is 0.590. The van der Waals surface area contributed by atoms with Crippen LogP contribution in [0.2, 0.25) is 0 Å². The van der Waals surface area contributed by atoms with E-state index in [0.29, 0.717) is 0 Å². The molecule has 0 aromatic rings. The van der Waals surface area contributed by atoms with Crippen molar-refractivity contribution in [1.82, 2.24) is 0 Å². The summed E-state index contributed by atoms with van der Waals surface area (Å²) in [4.78, 5) is 0. The third-order valence-electron chi connectivity index (χ3n) is 3.52. The van der Waals surface area contributed by atoms with Gasteiger partial charge < -0.3 is 5.73 Å². The van der Waals surface area contributed by atoms with E-state index in [1.165, 1.54) is 38.5 Å². The van der Waals surface area contributed by atoms with Crippen LogP contribution >= 0.6 is 0 Å². The molecule has 0 unspecified atom stereocenters. The molecule has 1 nitrogen and oxygen atoms in total. The Morgan fingerprint density at radius 2 is 2.00 bits per heavy atom. The summed E-state index contributed by atoms with van der Waals surface area (Å²) >= 11 is 0. The number of rotatable bonds is 1. The van der Waals surface area contributed by atoms with Crippen LogP contribution in [0.15, 0.2) is 0 Å². The minimum atomic E-state index is 0.771. The van der Waals surface area contributed by atoms with Gasteiger partial charge in [0.2, 0.25) is 0 Å². The average Bonchev–Trinajstić information content (AvgIpc) is 2.71. The van der Waals surface area contributed by atoms with Crippen LogP contribution in [-0.2, 0) is 0 Å². The minimum absolute atomic E-state index is 0.771. The van der Waals surface area contributed by atoms with Gasteiger partial charge >= 0.3 is 0 Å². The van der Waals surface area contributed by atoms with Gasteiger partial charge in [-0.05, 0) is 43.6 Å². The Bertz CT molecular complexity index is 127. The fraction of sp³-hybridized carbons (Fsp3) is 1.00. The molecule has 2 saturated carbocycles. The zero-order valence-corrected chi connectivity index (χ0v) is 6.60. The topological polar surface area (TPSA) is 26.0 Å². The molecule has 0 aromatic carbocycles. The van der Waals surface area contributed by atoms with Crippen LogP contribution in [-0.4, -0.2) is 6.54 Å². The zero-order valence-electron chi connectivity index (χ0n) is 6.60. The first-order valence-corrected chi connectivity index (χ1v) is 4.57. The van der Waals surface area contributed by atoms with Gasteiger partial charge in [0.15, 0.2) is 0 Å². The van der Waals surface area contributed by atoms with E-state index in [1.54, 1.807) is 0 Å². The minimum Gasteiger partial charge on any atom is -0.330 e. The summed E-state index contributed by atoms with van der Waals surface area (Å²) in [5, 5.41) is 0. The molecule has 58 valence electrons. The van der Waals surface area contributed by atoms with Crippen molar-refractivity contribution in [2.75, 3.05) is 6.54 Å². The molecule has 2 rings (SSSR count). The fourth-order valence-corrected chi connectivity index (χ4v) is 2.56. The van der Waals surface area contributed by atoms with Gasteiger partial charge in [-0.25, -0.2) is 0 Å². The highest BCUT2D eigenvalue weighted by molar-refractivity contribution is 5.00. The SMILES string of the molecule is NC[C@@H]1CCCCC12CC2. The first kappa shape index (κ1) is 6.66. The number of hydrogen-bond donors (Lipinski definition) is 1. The van der Waals surface area contributed by atoms with Crippen molar-refractivity contribution in [3.8, 4) is 0 Å². The molecule has 2 aliphatic rings. The lowest BCUT2D eigenvalue weighted by atomic mass is 9.76. The molecule has 2 aliphatic carbocycles. The molecule has 0 amide bonds. The second kappa shape index (κ2) is 2.23. The van der Waals surface area contributed by atoms with Crippen LogP contribution in [0.1, 0.15) is 38.5 Å². The van der Waals surface area contributed by atoms with Crippen LogP contribution in [0.4, 0.5) is 0 Å². The molecule has 0 saturated heterocycles. The average molecular weight is 139 g/mol. The van der Waals surface area contributed by atoms with E-state index in [0.717, 1.165) is 17.9 Å². The maximum atomic E-state index is 5.72. The molecule has 1 atom stereocenters. The van der Waals surface area contributed by atoms with Crippen molar-refractivity contribution in [1.29, 1.82) is 0 Å². The third kappa shape index (κ3) is 0.878. The summed E-state index contributed by atoms with van der Waals surface area (Å²) < 4.78 is 0. The van der Waals surface area contributed by atoms with Crippen molar-refractivity contribution in [3.05, 3.63) is 0 Å². The van der Waals surface area contributed by atoms with Gasteiger partial charge in [0.05, 0.1) is 0 Å². The fourth-order valence-electron chi connectivity index (χ4n) is 2.56. The summed E-state index contributed by atoms with van der Waals surface area (Å²) in [5.74, 6) is 0.890. The van der Waals surface area contributed by atoms with Crippen molar-refractivity contribution in [3.63, 3.8) is 0 Å². The Morgan fingerprint density at radius 3 is 2.50 bits per heavy atom. The summed E-state index contributed by atoms with van der Waals surface area (Å²) in [7, 11) is 0. The van der Waals surface area contributed by atoms with Gasteiger partial charge in [-0.1, -0.05) is 12.8 Å². The van der Waals surface area contributed by atoms with E-state index in [-0.39, 0.29) is 0 Å². The molecule has 0 aromatic heterocycles. The molecule has 0 aliphatic heterocycles. The standard InChI is InChI=1S/C9H17N/c10-7-8-3-1-2-4-9(8)5-6-9/h8H,1-7,10H2/t8-/m0/s1. The molecule has 2 N–H and O–H groups in total. The lowest BCUT2D eigenvalue weighted by Gasteiger charge is -2.30. The first-order valence-electron chi connectivity index (χ1n) is 4.57. The maximum Gasteiger partial charge on any atom is -0.00436 e. The largest absolute Gasteiger partial charge is 0.330 e. The first-order chi connectivity index (χ1) is 4.87. The lowest BCUT2D eigenvalue weighted by molar-refractivity contribution is 0.220. The summed E-state index contributed by atoms with van der Waals surface area (Å²) in [6, 6.07) is 0. The van der Waals surface area contributed by atoms with Crippen molar-refractivity contribution < 1.29 is 0 Å². The molecule has 1 heteroatoms. The van der Waals surface area contributed by atoms with Gasteiger partial charge in [-0.3, -0.25) is 0 Å². The van der Waals surface area contributed by atoms with Gasteiger partial charge in [0.25, 0.3) is 0 Å². The molecule has 0 heterocycles. The zero-order chi connectivity index (χ0) is 7.03. The van der Waals surface area contributed by atoms with Crippen LogP contribution in [0.5, 0.6) is 0 Å². The molecule has 1 spiro atoms. The Kier molecular flexibility index (Phi) is 1.48. The summed E-state index contributed by atoms with van der Waals surface area (Å²) in [6.45, 7) is 0.944. The Balaban J connectivity index is 2.01. The Hall–Kier alpha value is -0.0400. The van der Waals surface area contributed by atoms with E-state index in [9.17, 15) is 0 Å². The highest BCUT2D eigenvalue weighted by atomic mass is 14.6. The van der Waals surface area contributed by atoms with Crippen LogP contribution in [0, 0.1) is 11.3 Å². The van der Waals surface area contributed by atoms with E-state index in [4.69, 9.17) is 5.73 Å². The van der Waals surface area contributed by atoms with Crippen LogP contribution in [0.25, 0.3) is 0 Å². The van der Waals surface area contributed by atoms with Gasteiger partial charge in [-0.2, -0.15) is 0 Å². The highest BCUT2D eigenvalue weighted by Crippen LogP contribution is 2.59. The lowest BCUT2D eigenvalue weighted by Crippen LogP contribution is -2.27. The van der Waals surface area contributed by atoms with Crippen LogP contribution in [0.3, 0.4) is 0 Å². The molecule has 0 bridgehead atoms. The molecule has 2 fully saturated rings. The monoisotopic (exact) mass is 139 g/mol. The Labute approximate surface area is 63.0 Å². The van der Waals surface area contributed by atoms with E-state index >= 15 is 0 Å². The Morgan fingerprint density at radius 1 is 1.20 bits per heavy atom. The van der Waals surface area contributed by atoms with E-state index in [2.05, 4.69) is 0 Å². The van der Waals surface area contributed by atoms with E-state index in [1.807, 2.05) is 0 Å². The van der Waals surface area contributed by atoms with Crippen molar-refractivity contribution >= 4 is 0 Å². The number of nitrogens with two attached hydrogens (primary N) is 1. The number of hydrogen-bond acceptors (Lipinski definition) is 1. The smallest absolute Gasteiger partial charge is 0.00436 e. The highest BCUT2D eigenvalue weighted by Gasteiger charge is 2.48. The molecule has 10 heavy (non-hydrogen) atoms. The second-order valence-corrected chi connectivity index (χ2v) is 4.04. The summed E-state index contributed by atoms with van der Waals surface area (Å²) in [5.41, 5.74) is 6.49. The van der Waals surface area contributed by atoms with Crippen molar-refractivity contribution in [2.24, 2.45) is 17.1 Å². The second-order valence-electron chi connectivity index (χ2n) is 4.04. The van der Waals surface area contributed by atoms with Gasteiger partial charge in [0, 0.05) is 0 Å². The van der Waals surface area contributed by atoms with Gasteiger partial charge in [-0.15, -0.1) is 0 Å².